The Kier molecular flexibility index (Phi) is 4.53. The van der Waals surface area contributed by atoms with E-state index in [-0.39, 0.29) is 5.69 Å². The first kappa shape index (κ1) is 18.8. The summed E-state index contributed by atoms with van der Waals surface area (Å²) in [5.41, 5.74) is -3.60. The van der Waals surface area contributed by atoms with E-state index in [1.54, 1.807) is 36.4 Å². The summed E-state index contributed by atoms with van der Waals surface area (Å²) in [7, 11) is 0. The molecule has 0 spiro atoms. The largest absolute Gasteiger partial charge is 0.456 e. The van der Waals surface area contributed by atoms with Crippen molar-refractivity contribution in [1.82, 2.24) is 0 Å². The van der Waals surface area contributed by atoms with Crippen molar-refractivity contribution >= 4 is 66.1 Å². The molecule has 0 bridgehead atoms. The molecule has 0 N–H and O–H groups in total. The van der Waals surface area contributed by atoms with E-state index in [1.165, 1.54) is 6.07 Å². The van der Waals surface area contributed by atoms with Gasteiger partial charge in [0.1, 0.15) is 11.2 Å². The average molecular weight is 817 g/mol. The lowest BCUT2D eigenvalue weighted by atomic mass is 9.82. The first-order valence-electron chi connectivity index (χ1n) is 32.0. The number of hydrogen-bond acceptors (Lipinski definition) is 2. The van der Waals surface area contributed by atoms with Gasteiger partial charge < -0.3 is 9.32 Å². The number of rotatable bonds is 7. The molecule has 292 valence electrons. The van der Waals surface area contributed by atoms with E-state index in [1.807, 2.05) is 36.4 Å². The van der Waals surface area contributed by atoms with Gasteiger partial charge in [0.05, 0.1) is 38.6 Å². The van der Waals surface area contributed by atoms with Gasteiger partial charge in [-0.05, 0) is 121 Å². The predicted octanol–water partition coefficient (Wildman–Crippen LogP) is 16.8. The number of anilines is 3. The maximum atomic E-state index is 9.89. The second-order valence-corrected chi connectivity index (χ2v) is 14.3. The second-order valence-electron chi connectivity index (χ2n) is 14.3. The molecule has 0 radical (unpaired) electrons. The lowest BCUT2D eigenvalue weighted by molar-refractivity contribution is 0.669. The van der Waals surface area contributed by atoms with Gasteiger partial charge in [0.25, 0.3) is 0 Å². The number of benzene rings is 9. The molecule has 2 nitrogen and oxygen atoms in total. The van der Waals surface area contributed by atoms with Crippen molar-refractivity contribution < 1.29 is 38.7 Å². The third kappa shape index (κ3) is 6.19. The molecule has 2 heteroatoms. The van der Waals surface area contributed by atoms with Crippen molar-refractivity contribution in [2.75, 3.05) is 4.90 Å². The van der Waals surface area contributed by atoms with Gasteiger partial charge in [0, 0.05) is 35.0 Å². The van der Waals surface area contributed by atoms with Crippen molar-refractivity contribution in [2.45, 2.75) is 6.40 Å². The number of fused-ring (bicyclic) bond motifs is 6. The average Bonchev–Trinajstić information content (AvgIpc) is 2.08. The van der Waals surface area contributed by atoms with Crippen molar-refractivity contribution in [2.24, 2.45) is 5.92 Å². The van der Waals surface area contributed by atoms with E-state index in [4.69, 9.17) is 23.6 Å². The van der Waals surface area contributed by atoms with Gasteiger partial charge in [0.15, 0.2) is 0 Å². The standard InChI is InChI=1S/C60H41NO/c1-2-15-47-39-59-56(38-46(47)14-1)60-55(23-11-25-58(60)62-59)54-20-7-8-24-57(54)61(49-36-32-45(33-37-49)53-22-10-17-43-13-4-6-19-51(43)53)48-34-30-41(31-35-48)40-26-28-44(29-27-40)52-21-9-16-42-12-3-5-18-50(42)52/h1-15,17-39,42H,16H2/i3D,4D,5D,6D,9D,10D,12D,13D,16D,17D,18D,19D,21D,22D,26D,27D,28D,29D,30D,31D,32D,33D,34D,36D,37D. The molecule has 2 aliphatic carbocycles. The minimum Gasteiger partial charge on any atom is -0.456 e. The van der Waals surface area contributed by atoms with Crippen LogP contribution in [0.5, 0.6) is 0 Å². The maximum absolute atomic E-state index is 9.89. The summed E-state index contributed by atoms with van der Waals surface area (Å²) < 4.78 is 234. The van der Waals surface area contributed by atoms with Gasteiger partial charge >= 0.3 is 0 Å². The first-order chi connectivity index (χ1) is 41.1. The van der Waals surface area contributed by atoms with Crippen LogP contribution in [-0.4, -0.2) is 0 Å². The highest BCUT2D eigenvalue weighted by Gasteiger charge is 2.22. The van der Waals surface area contributed by atoms with Crippen LogP contribution < -0.4 is 4.90 Å². The zero-order valence-corrected chi connectivity index (χ0v) is 32.1. The van der Waals surface area contributed by atoms with Crippen LogP contribution in [0.15, 0.2) is 240 Å². The van der Waals surface area contributed by atoms with Crippen molar-refractivity contribution in [3.8, 4) is 33.4 Å². The molecule has 2 unspecified atom stereocenters. The minimum absolute atomic E-state index is 0.0166. The van der Waals surface area contributed by atoms with Gasteiger partial charge in [-0.15, -0.1) is 0 Å². The summed E-state index contributed by atoms with van der Waals surface area (Å²) in [4.78, 5) is 1.10. The van der Waals surface area contributed by atoms with Crippen LogP contribution in [0.3, 0.4) is 0 Å². The third-order valence-corrected chi connectivity index (χ3v) is 10.7. The molecule has 10 aromatic rings. The monoisotopic (exact) mass is 816 g/mol. The molecule has 12 rings (SSSR count). The normalized spacial score (nSPS) is 22.4. The molecule has 9 aromatic carbocycles. The van der Waals surface area contributed by atoms with E-state index >= 15 is 0 Å². The van der Waals surface area contributed by atoms with Gasteiger partial charge in [-0.25, -0.2) is 0 Å². The van der Waals surface area contributed by atoms with Crippen LogP contribution >= 0.6 is 0 Å². The topological polar surface area (TPSA) is 16.4 Å². The van der Waals surface area contributed by atoms with Crippen molar-refractivity contribution in [3.05, 3.63) is 241 Å². The Labute approximate surface area is 396 Å². The Morgan fingerprint density at radius 1 is 0.516 bits per heavy atom. The van der Waals surface area contributed by atoms with Crippen LogP contribution in [0.25, 0.3) is 82.4 Å². The lowest BCUT2D eigenvalue weighted by Gasteiger charge is -2.28. The van der Waals surface area contributed by atoms with Crippen molar-refractivity contribution in [3.63, 3.8) is 0 Å². The van der Waals surface area contributed by atoms with Gasteiger partial charge in [-0.1, -0.05) is 182 Å². The van der Waals surface area contributed by atoms with Gasteiger partial charge in [-0.2, -0.15) is 0 Å². The minimum atomic E-state index is -1.71. The zero-order valence-electron chi connectivity index (χ0n) is 57.1. The Bertz CT molecular complexity index is 4890. The van der Waals surface area contributed by atoms with Crippen LogP contribution in [0.4, 0.5) is 17.1 Å². The molecule has 0 aliphatic heterocycles. The summed E-state index contributed by atoms with van der Waals surface area (Å²) in [6, 6.07) is 4.36. The number of hydrogen-bond donors (Lipinski definition) is 0. The fraction of sp³-hybridized carbons (Fsp3) is 0.0333. The number of allylic oxidation sites excluding steroid dienone is 8. The van der Waals surface area contributed by atoms with Crippen LogP contribution in [-0.2, 0) is 0 Å². The molecule has 0 saturated carbocycles. The quantitative estimate of drug-likeness (QED) is 0.159. The van der Waals surface area contributed by atoms with E-state index in [0.717, 1.165) is 21.7 Å². The zero-order chi connectivity index (χ0) is 62.7. The molecule has 0 fully saturated rings. The van der Waals surface area contributed by atoms with Gasteiger partial charge in [0.2, 0.25) is 0 Å². The molecule has 2 aliphatic rings. The lowest BCUT2D eigenvalue weighted by Crippen LogP contribution is -2.11. The molecule has 1 aromatic heterocycles. The number of furan rings is 1. The SMILES string of the molecule is [2H]C1=C([2H])C2=C(c3c([2H])c([2H])c(-c4c([2H])cc(N(c5ccccc5-c5cccc6oc7cc8ccccc8cc7c56)c5c([2H])c([2H])c(-c6c([2H])c([2H])c([2H])c7c([2H])c([2H])c([2H])c([2H])c67)c([2H])c5[2H])c([2H])c4[2H])c([2H])c3[2H])C([2H])=C([2H])C([2H])C2C([2H])=C1[2H]. The summed E-state index contributed by atoms with van der Waals surface area (Å²) in [5.74, 6) is -1.57. The molecule has 0 saturated heterocycles. The summed E-state index contributed by atoms with van der Waals surface area (Å²) >= 11 is 0. The van der Waals surface area contributed by atoms with Gasteiger partial charge in [-0.3, -0.25) is 0 Å². The molecule has 62 heavy (non-hydrogen) atoms. The highest BCUT2D eigenvalue weighted by molar-refractivity contribution is 6.16. The van der Waals surface area contributed by atoms with E-state index < -0.39 is 219 Å². The summed E-state index contributed by atoms with van der Waals surface area (Å²) in [6.45, 7) is 0. The van der Waals surface area contributed by atoms with Crippen LogP contribution in [0, 0.1) is 5.92 Å². The maximum Gasteiger partial charge on any atom is 0.136 e. The fourth-order valence-corrected chi connectivity index (χ4v) is 7.87. The Morgan fingerprint density at radius 2 is 1.24 bits per heavy atom. The molecular weight excluding hydrogens is 751 g/mol. The van der Waals surface area contributed by atoms with E-state index in [9.17, 15) is 15.1 Å². The number of nitrogens with zero attached hydrogens (tertiary/aromatic N) is 1. The fourth-order valence-electron chi connectivity index (χ4n) is 7.87. The first-order valence-corrected chi connectivity index (χ1v) is 19.4. The molecular formula is C60H41NO. The van der Waals surface area contributed by atoms with E-state index in [2.05, 4.69) is 0 Å². The Balaban J connectivity index is 1.14. The van der Waals surface area contributed by atoms with E-state index in [0.29, 0.717) is 33.1 Å². The summed E-state index contributed by atoms with van der Waals surface area (Å²) in [5, 5.41) is 1.98. The Morgan fingerprint density at radius 3 is 2.15 bits per heavy atom. The molecule has 2 atom stereocenters. The highest BCUT2D eigenvalue weighted by atomic mass is 16.3. The van der Waals surface area contributed by atoms with Crippen LogP contribution in [0.2, 0.25) is 0 Å². The number of para-hydroxylation sites is 1. The highest BCUT2D eigenvalue weighted by Crippen LogP contribution is 2.46. The van der Waals surface area contributed by atoms with Crippen LogP contribution in [0.1, 0.15) is 46.2 Å². The summed E-state index contributed by atoms with van der Waals surface area (Å²) in [6.07, 6.45) is -1.71. The Hall–Kier alpha value is -7.94. The molecule has 1 heterocycles. The molecule has 0 amide bonds. The smallest absolute Gasteiger partial charge is 0.136 e. The second kappa shape index (κ2) is 15.0. The van der Waals surface area contributed by atoms with Crippen molar-refractivity contribution in [1.29, 1.82) is 0 Å². The predicted molar refractivity (Wildman–Crippen MR) is 262 cm³/mol. The third-order valence-electron chi connectivity index (χ3n) is 10.7.